The maximum atomic E-state index is 12.4. The van der Waals surface area contributed by atoms with E-state index in [4.69, 9.17) is 4.74 Å². The molecule has 9 heteroatoms. The molecule has 0 unspecified atom stereocenters. The number of hydrogen-bond acceptors (Lipinski definition) is 7. The third kappa shape index (κ3) is 6.69. The summed E-state index contributed by atoms with van der Waals surface area (Å²) in [6.07, 6.45) is 4.70. The molecular formula is C20H28N4O4S. The number of carbonyl (C=O) groups excluding carboxylic acids is 3. The smallest absolute Gasteiger partial charge is 0.310 e. The molecule has 1 aliphatic carbocycles. The lowest BCUT2D eigenvalue weighted by Gasteiger charge is -2.31. The third-order valence-electron chi connectivity index (χ3n) is 5.02. The van der Waals surface area contributed by atoms with Gasteiger partial charge in [0, 0.05) is 31.2 Å². The maximum Gasteiger partial charge on any atom is 0.310 e. The van der Waals surface area contributed by atoms with Gasteiger partial charge >= 0.3 is 5.97 Å². The zero-order chi connectivity index (χ0) is 20.6. The summed E-state index contributed by atoms with van der Waals surface area (Å²) in [7, 11) is 0. The summed E-state index contributed by atoms with van der Waals surface area (Å²) >= 11 is 1.54. The molecule has 29 heavy (non-hydrogen) atoms. The summed E-state index contributed by atoms with van der Waals surface area (Å²) in [5, 5.41) is 11.7. The fraction of sp³-hybridized carbons (Fsp3) is 0.650. The average Bonchev–Trinajstić information content (AvgIpc) is 3.58. The Kier molecular flexibility index (Phi) is 7.85. The van der Waals surface area contributed by atoms with E-state index in [1.807, 2.05) is 6.07 Å². The Balaban J connectivity index is 1.34. The molecule has 1 saturated carbocycles. The summed E-state index contributed by atoms with van der Waals surface area (Å²) in [5.74, 6) is 1.07. The molecule has 158 valence electrons. The Labute approximate surface area is 175 Å². The first-order chi connectivity index (χ1) is 14.1. The number of hydrogen-bond donors (Lipinski definition) is 1. The van der Waals surface area contributed by atoms with Crippen molar-refractivity contribution in [3.8, 4) is 0 Å². The Morgan fingerprint density at radius 1 is 1.21 bits per heavy atom. The van der Waals surface area contributed by atoms with Crippen LogP contribution >= 0.6 is 11.8 Å². The Bertz CT molecular complexity index is 724. The highest BCUT2D eigenvalue weighted by Gasteiger charge is 2.30. The minimum Gasteiger partial charge on any atom is -0.466 e. The zero-order valence-corrected chi connectivity index (χ0v) is 17.6. The first-order valence-electron chi connectivity index (χ1n) is 10.3. The number of likely N-dealkylation sites (tertiary alicyclic amines) is 1. The van der Waals surface area contributed by atoms with Crippen molar-refractivity contribution in [1.29, 1.82) is 0 Å². The van der Waals surface area contributed by atoms with Crippen molar-refractivity contribution in [2.75, 3.05) is 30.8 Å². The van der Waals surface area contributed by atoms with E-state index in [9.17, 15) is 14.4 Å². The molecule has 1 aromatic rings. The van der Waals surface area contributed by atoms with E-state index in [2.05, 4.69) is 15.5 Å². The summed E-state index contributed by atoms with van der Waals surface area (Å²) in [5.41, 5.74) is 0. The molecule has 1 aromatic heterocycles. The van der Waals surface area contributed by atoms with Gasteiger partial charge in [-0.25, -0.2) is 0 Å². The lowest BCUT2D eigenvalue weighted by atomic mass is 9.98. The van der Waals surface area contributed by atoms with Gasteiger partial charge in [-0.2, -0.15) is 0 Å². The Morgan fingerprint density at radius 3 is 2.72 bits per heavy atom. The van der Waals surface area contributed by atoms with Crippen LogP contribution in [0.1, 0.15) is 45.4 Å². The molecule has 1 N–H and O–H groups in total. The highest BCUT2D eigenvalue weighted by Crippen LogP contribution is 2.30. The number of anilines is 1. The lowest BCUT2D eigenvalue weighted by Crippen LogP contribution is -2.42. The summed E-state index contributed by atoms with van der Waals surface area (Å²) in [4.78, 5) is 37.8. The van der Waals surface area contributed by atoms with Crippen LogP contribution in [0.15, 0.2) is 17.2 Å². The number of rotatable bonds is 9. The number of esters is 1. The maximum absolute atomic E-state index is 12.4. The molecule has 2 aliphatic rings. The van der Waals surface area contributed by atoms with E-state index in [0.717, 1.165) is 42.9 Å². The first-order valence-corrected chi connectivity index (χ1v) is 11.3. The molecule has 3 rings (SSSR count). The normalized spacial score (nSPS) is 18.9. The number of thioether (sulfide) groups is 1. The molecular weight excluding hydrogens is 392 g/mol. The van der Waals surface area contributed by atoms with E-state index in [0.29, 0.717) is 31.9 Å². The van der Waals surface area contributed by atoms with Crippen molar-refractivity contribution in [2.24, 2.45) is 11.8 Å². The topological polar surface area (TPSA) is 101 Å². The lowest BCUT2D eigenvalue weighted by molar-refractivity contribution is -0.151. The monoisotopic (exact) mass is 420 g/mol. The molecule has 0 radical (unpaired) electrons. The van der Waals surface area contributed by atoms with E-state index in [1.54, 1.807) is 17.9 Å². The van der Waals surface area contributed by atoms with Crippen molar-refractivity contribution in [3.05, 3.63) is 12.1 Å². The molecule has 2 heterocycles. The Hall–Kier alpha value is -2.16. The van der Waals surface area contributed by atoms with Crippen LogP contribution in [0.4, 0.5) is 5.82 Å². The van der Waals surface area contributed by atoms with Crippen molar-refractivity contribution in [1.82, 2.24) is 15.1 Å². The number of aromatic nitrogens is 2. The van der Waals surface area contributed by atoms with Crippen LogP contribution in [0, 0.1) is 11.8 Å². The summed E-state index contributed by atoms with van der Waals surface area (Å²) in [6, 6.07) is 3.58. The van der Waals surface area contributed by atoms with E-state index in [-0.39, 0.29) is 29.6 Å². The van der Waals surface area contributed by atoms with Crippen molar-refractivity contribution < 1.29 is 19.1 Å². The number of amides is 2. The van der Waals surface area contributed by atoms with Crippen molar-refractivity contribution in [3.63, 3.8) is 0 Å². The minimum absolute atomic E-state index is 0.0149. The van der Waals surface area contributed by atoms with Crippen LogP contribution in [0.3, 0.4) is 0 Å². The molecule has 1 saturated heterocycles. The number of nitrogens with zero attached hydrogens (tertiary/aromatic N) is 3. The van der Waals surface area contributed by atoms with Crippen LogP contribution in [0.25, 0.3) is 0 Å². The van der Waals surface area contributed by atoms with Gasteiger partial charge in [-0.3, -0.25) is 14.4 Å². The highest BCUT2D eigenvalue weighted by atomic mass is 32.2. The van der Waals surface area contributed by atoms with Crippen molar-refractivity contribution >= 4 is 35.4 Å². The van der Waals surface area contributed by atoms with Gasteiger partial charge < -0.3 is 15.0 Å². The molecule has 1 aliphatic heterocycles. The fourth-order valence-corrected chi connectivity index (χ4v) is 4.01. The second kappa shape index (κ2) is 10.6. The van der Waals surface area contributed by atoms with Crippen LogP contribution in [-0.2, 0) is 19.1 Å². The van der Waals surface area contributed by atoms with Crippen LogP contribution in [-0.4, -0.2) is 58.3 Å². The van der Waals surface area contributed by atoms with Crippen molar-refractivity contribution in [2.45, 2.75) is 50.5 Å². The molecule has 2 amide bonds. The molecule has 0 aromatic carbocycles. The quantitative estimate of drug-likeness (QED) is 0.372. The van der Waals surface area contributed by atoms with E-state index >= 15 is 0 Å². The predicted molar refractivity (Wildman–Crippen MR) is 109 cm³/mol. The van der Waals surface area contributed by atoms with Crippen LogP contribution < -0.4 is 5.32 Å². The molecule has 0 spiro atoms. The first kappa shape index (κ1) is 21.5. The second-order valence-electron chi connectivity index (χ2n) is 7.40. The zero-order valence-electron chi connectivity index (χ0n) is 16.8. The van der Waals surface area contributed by atoms with Gasteiger partial charge in [-0.1, -0.05) is 0 Å². The highest BCUT2D eigenvalue weighted by molar-refractivity contribution is 7.99. The third-order valence-corrected chi connectivity index (χ3v) is 6.02. The number of carbonyl (C=O) groups is 3. The minimum atomic E-state index is -0.198. The fourth-order valence-electron chi connectivity index (χ4n) is 3.25. The largest absolute Gasteiger partial charge is 0.466 e. The molecule has 0 bridgehead atoms. The number of nitrogens with one attached hydrogen (secondary N) is 1. The number of piperidine rings is 1. The molecule has 1 atom stereocenters. The second-order valence-corrected chi connectivity index (χ2v) is 8.52. The van der Waals surface area contributed by atoms with Crippen LogP contribution in [0.2, 0.25) is 0 Å². The van der Waals surface area contributed by atoms with E-state index in [1.165, 1.54) is 11.8 Å². The summed E-state index contributed by atoms with van der Waals surface area (Å²) in [6.45, 7) is 3.34. The van der Waals surface area contributed by atoms with Gasteiger partial charge in [0.05, 0.1) is 12.5 Å². The van der Waals surface area contributed by atoms with Gasteiger partial charge in [-0.15, -0.1) is 22.0 Å². The average molecular weight is 421 g/mol. The van der Waals surface area contributed by atoms with Gasteiger partial charge in [0.2, 0.25) is 11.8 Å². The standard InChI is InChI=1S/C20H28N4O4S/c1-2-28-20(27)15-5-3-11-24(13-15)18(25)6-4-12-29-17-10-9-16(22-23-17)21-19(26)14-7-8-14/h9-10,14-15H,2-8,11-13H2,1H3,(H,21,22,26)/t15-/m1/s1. The van der Waals surface area contributed by atoms with Gasteiger partial charge in [0.15, 0.2) is 5.82 Å². The predicted octanol–water partition coefficient (Wildman–Crippen LogP) is 2.50. The van der Waals surface area contributed by atoms with Gasteiger partial charge in [0.1, 0.15) is 5.03 Å². The molecule has 2 fully saturated rings. The SMILES string of the molecule is CCOC(=O)[C@@H]1CCCN(C(=O)CCCSc2ccc(NC(=O)C3CC3)nn2)C1. The van der Waals surface area contributed by atoms with Gasteiger partial charge in [0.25, 0.3) is 0 Å². The summed E-state index contributed by atoms with van der Waals surface area (Å²) < 4.78 is 5.08. The molecule has 8 nitrogen and oxygen atoms in total. The number of ether oxygens (including phenoxy) is 1. The van der Waals surface area contributed by atoms with E-state index < -0.39 is 0 Å². The van der Waals surface area contributed by atoms with Crippen LogP contribution in [0.5, 0.6) is 0 Å². The van der Waals surface area contributed by atoms with Gasteiger partial charge in [-0.05, 0) is 51.2 Å². The Morgan fingerprint density at radius 2 is 2.03 bits per heavy atom.